The number of anilines is 2. The summed E-state index contributed by atoms with van der Waals surface area (Å²) in [6.07, 6.45) is 0. The molecule has 4 heteroatoms. The molecule has 1 saturated heterocycles. The Morgan fingerprint density at radius 1 is 0.923 bits per heavy atom. The van der Waals surface area contributed by atoms with Gasteiger partial charge in [0.25, 0.3) is 0 Å². The van der Waals surface area contributed by atoms with Crippen LogP contribution in [-0.2, 0) is 4.79 Å². The Morgan fingerprint density at radius 2 is 1.54 bits per heavy atom. The van der Waals surface area contributed by atoms with E-state index in [4.69, 9.17) is 0 Å². The van der Waals surface area contributed by atoms with Gasteiger partial charge in [-0.15, -0.1) is 0 Å². The Hall–Kier alpha value is -2.33. The lowest BCUT2D eigenvalue weighted by atomic mass is 10.1. The molecule has 1 amide bonds. The highest BCUT2D eigenvalue weighted by Crippen LogP contribution is 2.23. The average molecular weight is 351 g/mol. The second-order valence-corrected chi connectivity index (χ2v) is 7.37. The minimum atomic E-state index is 0.0735. The number of carbonyl (C=O) groups excluding carboxylic acids is 1. The first-order chi connectivity index (χ1) is 12.4. The lowest BCUT2D eigenvalue weighted by Crippen LogP contribution is -2.48. The van der Waals surface area contributed by atoms with Gasteiger partial charge in [0.15, 0.2) is 0 Å². The number of benzene rings is 2. The zero-order chi connectivity index (χ0) is 18.7. The van der Waals surface area contributed by atoms with Gasteiger partial charge in [0, 0.05) is 37.6 Å². The Labute approximate surface area is 156 Å². The highest BCUT2D eigenvalue weighted by molar-refractivity contribution is 5.93. The largest absolute Gasteiger partial charge is 0.369 e. The third-order valence-corrected chi connectivity index (χ3v) is 5.14. The van der Waals surface area contributed by atoms with Crippen LogP contribution in [0.4, 0.5) is 11.4 Å². The van der Waals surface area contributed by atoms with Gasteiger partial charge in [-0.2, -0.15) is 0 Å². The third-order valence-electron chi connectivity index (χ3n) is 5.14. The maximum atomic E-state index is 12.5. The molecule has 1 fully saturated rings. The zero-order valence-corrected chi connectivity index (χ0v) is 16.3. The molecular formula is C22H29N3O. The van der Waals surface area contributed by atoms with Gasteiger partial charge in [0.05, 0.1) is 6.54 Å². The van der Waals surface area contributed by atoms with Crippen LogP contribution in [0, 0.1) is 27.7 Å². The van der Waals surface area contributed by atoms with E-state index in [0.717, 1.165) is 43.0 Å². The summed E-state index contributed by atoms with van der Waals surface area (Å²) in [6, 6.07) is 12.7. The Morgan fingerprint density at radius 3 is 2.15 bits per heavy atom. The standard InChI is InChI=1S/C22H29N3O/c1-16-13-18(3)22(19(4)14-16)23-21(26)15-24-9-11-25(12-10-24)20-8-6-5-7-17(20)2/h5-8,13-14H,9-12,15H2,1-4H3,(H,23,26). The quantitative estimate of drug-likeness (QED) is 0.913. The first kappa shape index (κ1) is 18.5. The van der Waals surface area contributed by atoms with Crippen molar-refractivity contribution in [2.24, 2.45) is 0 Å². The molecule has 3 rings (SSSR count). The van der Waals surface area contributed by atoms with Crippen LogP contribution in [-0.4, -0.2) is 43.5 Å². The molecule has 2 aromatic rings. The van der Waals surface area contributed by atoms with Crippen molar-refractivity contribution in [3.05, 3.63) is 58.7 Å². The SMILES string of the molecule is Cc1cc(C)c(NC(=O)CN2CCN(c3ccccc3C)CC2)c(C)c1. The molecule has 0 spiro atoms. The summed E-state index contributed by atoms with van der Waals surface area (Å²) in [5.74, 6) is 0.0735. The number of nitrogens with one attached hydrogen (secondary N) is 1. The number of rotatable bonds is 4. The summed E-state index contributed by atoms with van der Waals surface area (Å²) >= 11 is 0. The van der Waals surface area contributed by atoms with Crippen LogP contribution in [0.25, 0.3) is 0 Å². The minimum absolute atomic E-state index is 0.0735. The molecule has 138 valence electrons. The van der Waals surface area contributed by atoms with Crippen LogP contribution in [0.1, 0.15) is 22.3 Å². The summed E-state index contributed by atoms with van der Waals surface area (Å²) in [6.45, 7) is 12.5. The number of amides is 1. The lowest BCUT2D eigenvalue weighted by molar-refractivity contribution is -0.117. The van der Waals surface area contributed by atoms with Crippen LogP contribution in [0.15, 0.2) is 36.4 Å². The molecule has 1 aliphatic rings. The van der Waals surface area contributed by atoms with Crippen LogP contribution in [0.2, 0.25) is 0 Å². The normalized spacial score (nSPS) is 15.2. The Kier molecular flexibility index (Phi) is 5.62. The van der Waals surface area contributed by atoms with Crippen LogP contribution in [0.3, 0.4) is 0 Å². The van der Waals surface area contributed by atoms with Crippen molar-refractivity contribution >= 4 is 17.3 Å². The molecule has 0 radical (unpaired) electrons. The summed E-state index contributed by atoms with van der Waals surface area (Å²) < 4.78 is 0. The smallest absolute Gasteiger partial charge is 0.238 e. The van der Waals surface area contributed by atoms with Gasteiger partial charge < -0.3 is 10.2 Å². The summed E-state index contributed by atoms with van der Waals surface area (Å²) in [5, 5.41) is 3.11. The average Bonchev–Trinajstić information content (AvgIpc) is 2.59. The molecule has 1 heterocycles. The zero-order valence-electron chi connectivity index (χ0n) is 16.3. The van der Waals surface area contributed by atoms with E-state index in [1.165, 1.54) is 16.8 Å². The molecule has 4 nitrogen and oxygen atoms in total. The van der Waals surface area contributed by atoms with Crippen molar-refractivity contribution in [1.29, 1.82) is 0 Å². The molecule has 0 unspecified atom stereocenters. The van der Waals surface area contributed by atoms with Gasteiger partial charge in [0.2, 0.25) is 5.91 Å². The number of nitrogens with zero attached hydrogens (tertiary/aromatic N) is 2. The van der Waals surface area contributed by atoms with Crippen molar-refractivity contribution in [1.82, 2.24) is 4.90 Å². The number of carbonyl (C=O) groups is 1. The van der Waals surface area contributed by atoms with Crippen LogP contribution < -0.4 is 10.2 Å². The first-order valence-corrected chi connectivity index (χ1v) is 9.34. The van der Waals surface area contributed by atoms with Gasteiger partial charge in [-0.05, 0) is 50.5 Å². The molecule has 0 aromatic heterocycles. The van der Waals surface area contributed by atoms with Gasteiger partial charge in [0.1, 0.15) is 0 Å². The highest BCUT2D eigenvalue weighted by atomic mass is 16.2. The molecule has 0 saturated carbocycles. The van der Waals surface area contributed by atoms with Crippen molar-refractivity contribution in [3.63, 3.8) is 0 Å². The van der Waals surface area contributed by atoms with Crippen molar-refractivity contribution in [2.45, 2.75) is 27.7 Å². The number of aryl methyl sites for hydroxylation is 4. The van der Waals surface area contributed by atoms with Crippen LogP contribution >= 0.6 is 0 Å². The third kappa shape index (κ3) is 4.25. The maximum absolute atomic E-state index is 12.5. The number of hydrogen-bond donors (Lipinski definition) is 1. The minimum Gasteiger partial charge on any atom is -0.369 e. The molecule has 0 aliphatic carbocycles. The van der Waals surface area contributed by atoms with E-state index in [-0.39, 0.29) is 5.91 Å². The maximum Gasteiger partial charge on any atom is 0.238 e. The molecule has 0 bridgehead atoms. The van der Waals surface area contributed by atoms with E-state index < -0.39 is 0 Å². The fourth-order valence-corrected chi connectivity index (χ4v) is 3.82. The lowest BCUT2D eigenvalue weighted by Gasteiger charge is -2.36. The predicted molar refractivity (Wildman–Crippen MR) is 109 cm³/mol. The molecule has 1 N–H and O–H groups in total. The fourth-order valence-electron chi connectivity index (χ4n) is 3.82. The monoisotopic (exact) mass is 351 g/mol. The Balaban J connectivity index is 1.55. The fraction of sp³-hybridized carbons (Fsp3) is 0.409. The van der Waals surface area contributed by atoms with E-state index in [0.29, 0.717) is 6.54 Å². The second kappa shape index (κ2) is 7.92. The van der Waals surface area contributed by atoms with E-state index in [1.807, 2.05) is 0 Å². The number of piperazine rings is 1. The van der Waals surface area contributed by atoms with Crippen molar-refractivity contribution in [2.75, 3.05) is 42.9 Å². The van der Waals surface area contributed by atoms with Crippen LogP contribution in [0.5, 0.6) is 0 Å². The second-order valence-electron chi connectivity index (χ2n) is 7.37. The van der Waals surface area contributed by atoms with E-state index >= 15 is 0 Å². The number of hydrogen-bond acceptors (Lipinski definition) is 3. The van der Waals surface area contributed by atoms with E-state index in [9.17, 15) is 4.79 Å². The molecular weight excluding hydrogens is 322 g/mol. The van der Waals surface area contributed by atoms with Crippen molar-refractivity contribution < 1.29 is 4.79 Å². The predicted octanol–water partition coefficient (Wildman–Crippen LogP) is 3.68. The first-order valence-electron chi connectivity index (χ1n) is 9.34. The van der Waals surface area contributed by atoms with Gasteiger partial charge >= 0.3 is 0 Å². The van der Waals surface area contributed by atoms with Gasteiger partial charge in [-0.3, -0.25) is 9.69 Å². The molecule has 0 atom stereocenters. The van der Waals surface area contributed by atoms with Crippen molar-refractivity contribution in [3.8, 4) is 0 Å². The summed E-state index contributed by atoms with van der Waals surface area (Å²) in [7, 11) is 0. The van der Waals surface area contributed by atoms with E-state index in [1.54, 1.807) is 0 Å². The van der Waals surface area contributed by atoms with E-state index in [2.05, 4.69) is 79.2 Å². The van der Waals surface area contributed by atoms with Gasteiger partial charge in [-0.1, -0.05) is 35.9 Å². The van der Waals surface area contributed by atoms with Gasteiger partial charge in [-0.25, -0.2) is 0 Å². The number of para-hydroxylation sites is 1. The summed E-state index contributed by atoms with van der Waals surface area (Å²) in [4.78, 5) is 17.2. The molecule has 1 aliphatic heterocycles. The summed E-state index contributed by atoms with van der Waals surface area (Å²) in [5.41, 5.74) is 7.05. The Bertz CT molecular complexity index is 769. The highest BCUT2D eigenvalue weighted by Gasteiger charge is 2.20. The molecule has 26 heavy (non-hydrogen) atoms. The topological polar surface area (TPSA) is 35.6 Å². The molecule has 2 aromatic carbocycles.